The molecule has 0 N–H and O–H groups in total. The second-order valence-electron chi connectivity index (χ2n) is 4.50. The summed E-state index contributed by atoms with van der Waals surface area (Å²) in [5, 5.41) is 0. The van der Waals surface area contributed by atoms with Gasteiger partial charge in [0, 0.05) is 0 Å². The lowest BCUT2D eigenvalue weighted by atomic mass is 10.0. The number of aryl methyl sites for hydroxylation is 2. The zero-order valence-corrected chi connectivity index (χ0v) is 10.5. The molecule has 0 saturated carbocycles. The van der Waals surface area contributed by atoms with Gasteiger partial charge in [0.1, 0.15) is 6.10 Å². The van der Waals surface area contributed by atoms with Crippen LogP contribution in [0.15, 0.2) is 18.2 Å². The number of epoxide rings is 1. The summed E-state index contributed by atoms with van der Waals surface area (Å²) in [7, 11) is 0. The number of hydrogen-bond donors (Lipinski definition) is 0. The van der Waals surface area contributed by atoms with Crippen LogP contribution in [0.1, 0.15) is 36.1 Å². The fourth-order valence-corrected chi connectivity index (χ4v) is 1.96. The van der Waals surface area contributed by atoms with Crippen LogP contribution in [0.2, 0.25) is 0 Å². The van der Waals surface area contributed by atoms with Crippen molar-refractivity contribution in [3.05, 3.63) is 34.9 Å². The number of esters is 1. The lowest BCUT2D eigenvalue weighted by Gasteiger charge is -2.03. The van der Waals surface area contributed by atoms with Gasteiger partial charge < -0.3 is 9.47 Å². The molecule has 2 unspecified atom stereocenters. The topological polar surface area (TPSA) is 38.8 Å². The average molecular weight is 234 g/mol. The Labute approximate surface area is 102 Å². The van der Waals surface area contributed by atoms with Crippen LogP contribution in [0.3, 0.4) is 0 Å². The molecule has 1 heterocycles. The van der Waals surface area contributed by atoms with E-state index < -0.39 is 6.10 Å². The first-order valence-electron chi connectivity index (χ1n) is 6.02. The number of ether oxygens (including phenoxy) is 2. The highest BCUT2D eigenvalue weighted by Crippen LogP contribution is 2.41. The van der Waals surface area contributed by atoms with Crippen molar-refractivity contribution in [3.8, 4) is 0 Å². The van der Waals surface area contributed by atoms with Crippen LogP contribution in [0.4, 0.5) is 0 Å². The summed E-state index contributed by atoms with van der Waals surface area (Å²) < 4.78 is 10.5. The first-order chi connectivity index (χ1) is 8.13. The van der Waals surface area contributed by atoms with Crippen molar-refractivity contribution >= 4 is 5.97 Å². The highest BCUT2D eigenvalue weighted by atomic mass is 16.6. The van der Waals surface area contributed by atoms with Crippen LogP contribution in [0.5, 0.6) is 0 Å². The third-order valence-electron chi connectivity index (χ3n) is 2.90. The van der Waals surface area contributed by atoms with Crippen molar-refractivity contribution in [1.82, 2.24) is 0 Å². The molecule has 92 valence electrons. The van der Waals surface area contributed by atoms with Gasteiger partial charge in [-0.3, -0.25) is 0 Å². The smallest absolute Gasteiger partial charge is 0.338 e. The van der Waals surface area contributed by atoms with Gasteiger partial charge in [0.2, 0.25) is 0 Å². The van der Waals surface area contributed by atoms with Crippen LogP contribution in [-0.4, -0.2) is 18.7 Å². The Morgan fingerprint density at radius 2 is 2.18 bits per heavy atom. The molecule has 3 nitrogen and oxygen atoms in total. The van der Waals surface area contributed by atoms with Crippen molar-refractivity contribution < 1.29 is 14.3 Å². The summed E-state index contributed by atoms with van der Waals surface area (Å²) in [5.74, 6) is -0.239. The highest BCUT2D eigenvalue weighted by Gasteiger charge is 2.47. The molecular weight excluding hydrogens is 216 g/mol. The normalized spacial score (nSPS) is 22.3. The number of rotatable bonds is 4. The van der Waals surface area contributed by atoms with Gasteiger partial charge in [0.15, 0.2) is 6.10 Å². The Morgan fingerprint density at radius 1 is 1.41 bits per heavy atom. The standard InChI is InChI=1S/C14H18O3/c1-4-7-16-14(15)13-12(17-13)11-6-5-9(2)8-10(11)3/h5-6,8,12-13H,4,7H2,1-3H3. The average Bonchev–Trinajstić information content (AvgIpc) is 3.06. The van der Waals surface area contributed by atoms with Gasteiger partial charge in [-0.05, 0) is 31.4 Å². The largest absolute Gasteiger partial charge is 0.464 e. The molecule has 17 heavy (non-hydrogen) atoms. The van der Waals surface area contributed by atoms with Gasteiger partial charge in [-0.25, -0.2) is 4.79 Å². The number of carbonyl (C=O) groups excluding carboxylic acids is 1. The molecule has 1 aliphatic rings. The Morgan fingerprint density at radius 3 is 2.82 bits per heavy atom. The molecule has 2 atom stereocenters. The maximum Gasteiger partial charge on any atom is 0.338 e. The lowest BCUT2D eigenvalue weighted by molar-refractivity contribution is -0.145. The predicted octanol–water partition coefficient (Wildman–Crippen LogP) is 2.70. The molecule has 1 aromatic carbocycles. The third-order valence-corrected chi connectivity index (χ3v) is 2.90. The van der Waals surface area contributed by atoms with Crippen molar-refractivity contribution in [2.45, 2.75) is 39.4 Å². The van der Waals surface area contributed by atoms with E-state index in [0.29, 0.717) is 6.61 Å². The van der Waals surface area contributed by atoms with E-state index in [4.69, 9.17) is 9.47 Å². The second kappa shape index (κ2) is 4.88. The van der Waals surface area contributed by atoms with Crippen LogP contribution in [0.25, 0.3) is 0 Å². The Hall–Kier alpha value is -1.35. The first-order valence-corrected chi connectivity index (χ1v) is 6.02. The second-order valence-corrected chi connectivity index (χ2v) is 4.50. The van der Waals surface area contributed by atoms with Crippen LogP contribution in [-0.2, 0) is 14.3 Å². The zero-order valence-electron chi connectivity index (χ0n) is 10.5. The molecule has 3 heteroatoms. The molecule has 1 saturated heterocycles. The maximum absolute atomic E-state index is 11.6. The van der Waals surface area contributed by atoms with Crippen LogP contribution >= 0.6 is 0 Å². The molecule has 1 fully saturated rings. The molecule has 0 aliphatic carbocycles. The molecule has 1 aliphatic heterocycles. The Kier molecular flexibility index (Phi) is 3.48. The fourth-order valence-electron chi connectivity index (χ4n) is 1.96. The molecule has 0 bridgehead atoms. The molecular formula is C14H18O3. The minimum absolute atomic E-state index is 0.111. The molecule has 2 rings (SSSR count). The number of benzene rings is 1. The van der Waals surface area contributed by atoms with Crippen LogP contribution < -0.4 is 0 Å². The number of hydrogen-bond acceptors (Lipinski definition) is 3. The van der Waals surface area contributed by atoms with Gasteiger partial charge in [-0.2, -0.15) is 0 Å². The summed E-state index contributed by atoms with van der Waals surface area (Å²) in [6.45, 7) is 6.54. The summed E-state index contributed by atoms with van der Waals surface area (Å²) in [6, 6.07) is 6.17. The molecule has 1 aromatic rings. The summed E-state index contributed by atoms with van der Waals surface area (Å²) in [4.78, 5) is 11.6. The Bertz CT molecular complexity index is 425. The highest BCUT2D eigenvalue weighted by molar-refractivity contribution is 5.78. The van der Waals surface area contributed by atoms with Gasteiger partial charge in [0.25, 0.3) is 0 Å². The minimum Gasteiger partial charge on any atom is -0.464 e. The fraction of sp³-hybridized carbons (Fsp3) is 0.500. The SMILES string of the molecule is CCCOC(=O)C1OC1c1ccc(C)cc1C. The van der Waals surface area contributed by atoms with Gasteiger partial charge >= 0.3 is 5.97 Å². The Balaban J connectivity index is 2.00. The summed E-state index contributed by atoms with van der Waals surface area (Å²) >= 11 is 0. The summed E-state index contributed by atoms with van der Waals surface area (Å²) in [6.07, 6.45) is 0.329. The van der Waals surface area contributed by atoms with E-state index in [9.17, 15) is 4.79 Å². The van der Waals surface area contributed by atoms with Crippen LogP contribution in [0, 0.1) is 13.8 Å². The van der Waals surface area contributed by atoms with Crippen molar-refractivity contribution in [2.24, 2.45) is 0 Å². The van der Waals surface area contributed by atoms with Gasteiger partial charge in [-0.15, -0.1) is 0 Å². The van der Waals surface area contributed by atoms with Crippen molar-refractivity contribution in [1.29, 1.82) is 0 Å². The number of carbonyl (C=O) groups is 1. The van der Waals surface area contributed by atoms with Crippen molar-refractivity contribution in [3.63, 3.8) is 0 Å². The van der Waals surface area contributed by atoms with E-state index in [-0.39, 0.29) is 12.1 Å². The minimum atomic E-state index is -0.400. The van der Waals surface area contributed by atoms with E-state index in [0.717, 1.165) is 12.0 Å². The molecule has 0 spiro atoms. The van der Waals surface area contributed by atoms with E-state index in [1.165, 1.54) is 11.1 Å². The predicted molar refractivity (Wildman–Crippen MR) is 64.8 cm³/mol. The zero-order chi connectivity index (χ0) is 12.4. The monoisotopic (exact) mass is 234 g/mol. The summed E-state index contributed by atoms with van der Waals surface area (Å²) in [5.41, 5.74) is 3.48. The first kappa shape index (κ1) is 12.1. The van der Waals surface area contributed by atoms with E-state index in [1.807, 2.05) is 26.0 Å². The quantitative estimate of drug-likeness (QED) is 0.594. The molecule has 0 aromatic heterocycles. The molecule has 0 amide bonds. The molecule has 0 radical (unpaired) electrons. The van der Waals surface area contributed by atoms with Crippen molar-refractivity contribution in [2.75, 3.05) is 6.61 Å². The maximum atomic E-state index is 11.6. The van der Waals surface area contributed by atoms with Gasteiger partial charge in [-0.1, -0.05) is 30.7 Å². The van der Waals surface area contributed by atoms with Gasteiger partial charge in [0.05, 0.1) is 6.61 Å². The van der Waals surface area contributed by atoms with E-state index in [1.54, 1.807) is 0 Å². The van der Waals surface area contributed by atoms with E-state index in [2.05, 4.69) is 13.0 Å². The lowest BCUT2D eigenvalue weighted by Crippen LogP contribution is -2.13. The van der Waals surface area contributed by atoms with E-state index >= 15 is 0 Å². The third kappa shape index (κ3) is 2.67.